The van der Waals surface area contributed by atoms with E-state index < -0.39 is 6.04 Å². The van der Waals surface area contributed by atoms with Gasteiger partial charge in [0.15, 0.2) is 16.9 Å². The summed E-state index contributed by atoms with van der Waals surface area (Å²) in [4.78, 5) is 29.4. The summed E-state index contributed by atoms with van der Waals surface area (Å²) in [6.07, 6.45) is 1.58. The maximum absolute atomic E-state index is 13.9. The van der Waals surface area contributed by atoms with E-state index >= 15 is 0 Å². The Bertz CT molecular complexity index is 1540. The Morgan fingerprint density at radius 3 is 2.49 bits per heavy atom. The molecule has 0 radical (unpaired) electrons. The summed E-state index contributed by atoms with van der Waals surface area (Å²) in [7, 11) is 0. The lowest BCUT2D eigenvalue weighted by Crippen LogP contribution is -2.31. The van der Waals surface area contributed by atoms with E-state index in [1.807, 2.05) is 74.5 Å². The summed E-state index contributed by atoms with van der Waals surface area (Å²) >= 11 is 0. The predicted molar refractivity (Wildman–Crippen MR) is 153 cm³/mol. The molecule has 1 aliphatic heterocycles. The molecule has 39 heavy (non-hydrogen) atoms. The van der Waals surface area contributed by atoms with Crippen molar-refractivity contribution in [2.24, 2.45) is 5.92 Å². The van der Waals surface area contributed by atoms with Crippen LogP contribution in [-0.4, -0.2) is 30.6 Å². The van der Waals surface area contributed by atoms with Crippen LogP contribution in [-0.2, 0) is 6.42 Å². The molecule has 4 aromatic rings. The second kappa shape index (κ2) is 11.4. The van der Waals surface area contributed by atoms with Gasteiger partial charge in [-0.3, -0.25) is 9.59 Å². The van der Waals surface area contributed by atoms with Crippen molar-refractivity contribution in [2.75, 3.05) is 19.8 Å². The number of rotatable bonds is 10. The summed E-state index contributed by atoms with van der Waals surface area (Å²) in [5.74, 6) is 1.62. The van der Waals surface area contributed by atoms with Crippen molar-refractivity contribution in [3.8, 4) is 11.5 Å². The molecule has 0 saturated heterocycles. The number of nitrogens with zero attached hydrogens (tertiary/aromatic N) is 1. The number of fused-ring (bicyclic) bond motifs is 2. The van der Waals surface area contributed by atoms with Gasteiger partial charge in [0.25, 0.3) is 5.91 Å². The Morgan fingerprint density at radius 2 is 1.74 bits per heavy atom. The van der Waals surface area contributed by atoms with E-state index in [1.165, 1.54) is 0 Å². The third-order valence-electron chi connectivity index (χ3n) is 7.14. The Hall–Kier alpha value is -4.06. The third kappa shape index (κ3) is 5.42. The molecule has 0 N–H and O–H groups in total. The first kappa shape index (κ1) is 26.5. The predicted octanol–water partition coefficient (Wildman–Crippen LogP) is 6.71. The fraction of sp³-hybridized carbons (Fsp3) is 0.333. The molecule has 0 spiro atoms. The molecule has 0 bridgehead atoms. The SMILES string of the molecule is CCOc1cc(C2c3c(oc4ccc(C)cc4c3=O)C(=O)N2CCc2ccccc2)ccc1OCCC(C)C. The Labute approximate surface area is 229 Å². The molecule has 2 heterocycles. The van der Waals surface area contributed by atoms with Crippen LogP contribution in [0.5, 0.6) is 11.5 Å². The van der Waals surface area contributed by atoms with Crippen LogP contribution < -0.4 is 14.9 Å². The average Bonchev–Trinajstić information content (AvgIpc) is 3.20. The van der Waals surface area contributed by atoms with Crippen molar-refractivity contribution >= 4 is 16.9 Å². The molecule has 0 fully saturated rings. The van der Waals surface area contributed by atoms with Crippen LogP contribution in [0.1, 0.15) is 66.0 Å². The van der Waals surface area contributed by atoms with Gasteiger partial charge in [-0.25, -0.2) is 0 Å². The molecule has 1 unspecified atom stereocenters. The molecule has 1 aromatic heterocycles. The number of hydrogen-bond acceptors (Lipinski definition) is 5. The smallest absolute Gasteiger partial charge is 0.290 e. The van der Waals surface area contributed by atoms with Crippen LogP contribution in [0.15, 0.2) is 75.9 Å². The number of aryl methyl sites for hydroxylation is 1. The van der Waals surface area contributed by atoms with E-state index in [-0.39, 0.29) is 17.1 Å². The molecule has 0 saturated carbocycles. The molecule has 5 rings (SSSR count). The molecule has 0 aliphatic carbocycles. The summed E-state index contributed by atoms with van der Waals surface area (Å²) in [6.45, 7) is 9.66. The number of amides is 1. The zero-order valence-corrected chi connectivity index (χ0v) is 23.0. The lowest BCUT2D eigenvalue weighted by atomic mass is 9.97. The number of carbonyl (C=O) groups is 1. The Morgan fingerprint density at radius 1 is 0.949 bits per heavy atom. The van der Waals surface area contributed by atoms with E-state index in [0.717, 1.165) is 23.1 Å². The lowest BCUT2D eigenvalue weighted by Gasteiger charge is -2.26. The Kier molecular flexibility index (Phi) is 7.73. The molecule has 1 amide bonds. The largest absolute Gasteiger partial charge is 0.490 e. The number of carbonyl (C=O) groups excluding carboxylic acids is 1. The highest BCUT2D eigenvalue weighted by molar-refractivity contribution is 5.99. The zero-order valence-electron chi connectivity index (χ0n) is 23.0. The molecular formula is C33H35NO5. The highest BCUT2D eigenvalue weighted by atomic mass is 16.5. The van der Waals surface area contributed by atoms with E-state index in [9.17, 15) is 9.59 Å². The van der Waals surface area contributed by atoms with E-state index in [1.54, 1.807) is 11.0 Å². The molecular weight excluding hydrogens is 490 g/mol. The average molecular weight is 526 g/mol. The first-order valence-electron chi connectivity index (χ1n) is 13.7. The van der Waals surface area contributed by atoms with Crippen LogP contribution in [0.2, 0.25) is 0 Å². The first-order chi connectivity index (χ1) is 18.9. The molecule has 1 aliphatic rings. The van der Waals surface area contributed by atoms with Gasteiger partial charge in [-0.15, -0.1) is 0 Å². The summed E-state index contributed by atoms with van der Waals surface area (Å²) in [5.41, 5.74) is 3.48. The van der Waals surface area contributed by atoms with Crippen LogP contribution in [0.3, 0.4) is 0 Å². The maximum atomic E-state index is 13.9. The minimum Gasteiger partial charge on any atom is -0.490 e. The van der Waals surface area contributed by atoms with Gasteiger partial charge in [-0.1, -0.05) is 61.9 Å². The highest BCUT2D eigenvalue weighted by Crippen LogP contribution is 2.41. The molecule has 3 aromatic carbocycles. The van der Waals surface area contributed by atoms with E-state index in [4.69, 9.17) is 13.9 Å². The topological polar surface area (TPSA) is 69.0 Å². The second-order valence-corrected chi connectivity index (χ2v) is 10.5. The summed E-state index contributed by atoms with van der Waals surface area (Å²) in [6, 6.07) is 20.6. The first-order valence-corrected chi connectivity index (χ1v) is 13.7. The van der Waals surface area contributed by atoms with E-state index in [0.29, 0.717) is 60.1 Å². The van der Waals surface area contributed by atoms with Crippen LogP contribution in [0.4, 0.5) is 0 Å². The van der Waals surface area contributed by atoms with Crippen molar-refractivity contribution in [2.45, 2.75) is 46.6 Å². The standard InChI is InChI=1S/C33H35NO5/c1-5-37-28-20-24(12-14-27(28)38-18-16-21(2)3)30-29-31(35)25-19-22(4)11-13-26(25)39-32(29)33(36)34(30)17-15-23-9-7-6-8-10-23/h6-14,19-21,30H,5,15-18H2,1-4H3. The molecule has 1 atom stereocenters. The third-order valence-corrected chi connectivity index (χ3v) is 7.14. The number of benzene rings is 3. The van der Waals surface area contributed by atoms with Crippen LogP contribution >= 0.6 is 0 Å². The zero-order chi connectivity index (χ0) is 27.5. The monoisotopic (exact) mass is 525 g/mol. The second-order valence-electron chi connectivity index (χ2n) is 10.5. The van der Waals surface area contributed by atoms with Gasteiger partial charge in [-0.05, 0) is 68.0 Å². The van der Waals surface area contributed by atoms with Gasteiger partial charge < -0.3 is 18.8 Å². The van der Waals surface area contributed by atoms with Gasteiger partial charge in [-0.2, -0.15) is 0 Å². The van der Waals surface area contributed by atoms with Crippen molar-refractivity contribution in [1.29, 1.82) is 0 Å². The van der Waals surface area contributed by atoms with Gasteiger partial charge >= 0.3 is 0 Å². The quantitative estimate of drug-likeness (QED) is 0.230. The van der Waals surface area contributed by atoms with Gasteiger partial charge in [0, 0.05) is 6.54 Å². The normalized spacial score (nSPS) is 14.7. The Balaban J connectivity index is 1.60. The number of hydrogen-bond donors (Lipinski definition) is 0. The lowest BCUT2D eigenvalue weighted by molar-refractivity contribution is 0.0729. The summed E-state index contributed by atoms with van der Waals surface area (Å²) < 4.78 is 18.1. The van der Waals surface area contributed by atoms with Crippen LogP contribution in [0.25, 0.3) is 11.0 Å². The van der Waals surface area contributed by atoms with Crippen molar-refractivity contribution < 1.29 is 18.7 Å². The van der Waals surface area contributed by atoms with Crippen molar-refractivity contribution in [1.82, 2.24) is 4.90 Å². The van der Waals surface area contributed by atoms with E-state index in [2.05, 4.69) is 13.8 Å². The fourth-order valence-corrected chi connectivity index (χ4v) is 5.09. The van der Waals surface area contributed by atoms with Gasteiger partial charge in [0.2, 0.25) is 5.76 Å². The minimum absolute atomic E-state index is 0.115. The maximum Gasteiger partial charge on any atom is 0.290 e. The minimum atomic E-state index is -0.596. The van der Waals surface area contributed by atoms with Crippen molar-refractivity contribution in [3.05, 3.63) is 105 Å². The van der Waals surface area contributed by atoms with Crippen LogP contribution in [0, 0.1) is 12.8 Å². The summed E-state index contributed by atoms with van der Waals surface area (Å²) in [5, 5.41) is 0.482. The fourth-order valence-electron chi connectivity index (χ4n) is 5.09. The van der Waals surface area contributed by atoms with Gasteiger partial charge in [0.05, 0.1) is 30.2 Å². The highest BCUT2D eigenvalue weighted by Gasteiger charge is 2.42. The molecule has 6 nitrogen and oxygen atoms in total. The molecule has 202 valence electrons. The molecule has 6 heteroatoms. The number of ether oxygens (including phenoxy) is 2. The van der Waals surface area contributed by atoms with Crippen molar-refractivity contribution in [3.63, 3.8) is 0 Å². The van der Waals surface area contributed by atoms with Gasteiger partial charge in [0.1, 0.15) is 5.58 Å².